The average molecular weight is 177 g/mol. The van der Waals surface area contributed by atoms with E-state index < -0.39 is 16.1 Å². The highest BCUT2D eigenvalue weighted by Gasteiger charge is 2.29. The van der Waals surface area contributed by atoms with E-state index in [0.717, 1.165) is 0 Å². The third-order valence-electron chi connectivity index (χ3n) is 0.176. The molecule has 0 aliphatic heterocycles. The Labute approximate surface area is 52.7 Å². The maximum atomic E-state index is 9.57. The van der Waals surface area contributed by atoms with Crippen molar-refractivity contribution < 1.29 is 28.1 Å². The van der Waals surface area contributed by atoms with Crippen molar-refractivity contribution >= 4 is 16.1 Å². The zero-order valence-corrected chi connectivity index (χ0v) is 5.25. The largest absolute Gasteiger partial charge is 0.705 e. The van der Waals surface area contributed by atoms with Gasteiger partial charge in [-0.05, 0) is 4.31 Å². The van der Waals surface area contributed by atoms with Crippen LogP contribution in [0.5, 0.6) is 0 Å². The van der Waals surface area contributed by atoms with Crippen LogP contribution in [0.2, 0.25) is 0 Å². The highest BCUT2D eigenvalue weighted by atomic mass is 31.2. The summed E-state index contributed by atoms with van der Waals surface area (Å²) < 4.78 is 22.2. The summed E-state index contributed by atoms with van der Waals surface area (Å²) >= 11 is 0. The first kappa shape index (κ1) is 11.9. The Morgan fingerprint density at radius 3 is 1.78 bits per heavy atom. The van der Waals surface area contributed by atoms with Crippen molar-refractivity contribution in [2.45, 2.75) is 7.43 Å². The Hall–Kier alpha value is 0.170. The second-order valence-corrected chi connectivity index (χ2v) is 2.92. The summed E-state index contributed by atoms with van der Waals surface area (Å²) in [4.78, 5) is 23.1. The summed E-state index contributed by atoms with van der Waals surface area (Å²) in [5, 5.41) is 0. The molecule has 9 heavy (non-hydrogen) atoms. The Morgan fingerprint density at radius 1 is 1.44 bits per heavy atom. The molecule has 56 valence electrons. The van der Waals surface area contributed by atoms with Crippen LogP contribution in [0.1, 0.15) is 7.43 Å². The van der Waals surface area contributed by atoms with Crippen LogP contribution < -0.4 is 0 Å². The third kappa shape index (κ3) is 11.6. The summed E-state index contributed by atoms with van der Waals surface area (Å²) in [6, 6.07) is 0. The molecule has 0 bridgehead atoms. The summed E-state index contributed by atoms with van der Waals surface area (Å²) in [7, 11) is -7.96. The molecule has 1 unspecified atom stereocenters. The van der Waals surface area contributed by atoms with Gasteiger partial charge in [0.2, 0.25) is 0 Å². The van der Waals surface area contributed by atoms with E-state index in [2.05, 4.69) is 4.31 Å². The van der Waals surface area contributed by atoms with Gasteiger partial charge in [-0.15, -0.1) is 4.89 Å². The number of hydrogen-bond acceptors (Lipinski definition) is 3. The van der Waals surface area contributed by atoms with Crippen molar-refractivity contribution in [3.05, 3.63) is 0 Å². The smallest absolute Gasteiger partial charge is 0.300 e. The molecule has 0 fully saturated rings. The number of phosphoric acid groups is 1. The summed E-state index contributed by atoms with van der Waals surface area (Å²) in [6.45, 7) is 0. The molecule has 0 saturated heterocycles. The molecule has 0 aliphatic carbocycles. The zero-order valence-electron chi connectivity index (χ0n) is 3.46. The molecule has 0 aliphatic rings. The Bertz CT molecular complexity index is 134. The van der Waals surface area contributed by atoms with Gasteiger partial charge < -0.3 is 9.79 Å². The molecule has 0 aromatic carbocycles. The van der Waals surface area contributed by atoms with E-state index >= 15 is 0 Å². The van der Waals surface area contributed by atoms with Crippen molar-refractivity contribution in [2.75, 3.05) is 0 Å². The molecule has 0 rings (SSSR count). The normalized spacial score (nSPS) is 12.1. The average Bonchev–Trinajstić information content (AvgIpc) is 1.21. The van der Waals surface area contributed by atoms with Gasteiger partial charge in [-0.3, -0.25) is 0 Å². The molecular weight excluding hydrogens is 170 g/mol. The zero-order chi connectivity index (χ0) is 6.78. The van der Waals surface area contributed by atoms with E-state index in [-0.39, 0.29) is 7.43 Å². The fraction of sp³-hybridized carbons (Fsp3) is 1.00. The lowest BCUT2D eigenvalue weighted by molar-refractivity contribution is 0.273. The van der Waals surface area contributed by atoms with Crippen molar-refractivity contribution in [3.8, 4) is 0 Å². The van der Waals surface area contributed by atoms with Gasteiger partial charge in [-0.2, -0.15) is 0 Å². The fourth-order valence-corrected chi connectivity index (χ4v) is 0.819. The highest BCUT2D eigenvalue weighted by molar-refractivity contribution is 7.54. The van der Waals surface area contributed by atoms with E-state index in [9.17, 15) is 9.13 Å². The quantitative estimate of drug-likeness (QED) is 0.526. The minimum absolute atomic E-state index is 0. The van der Waals surface area contributed by atoms with Gasteiger partial charge in [0.1, 0.15) is 0 Å². The molecule has 0 aromatic rings. The molecule has 0 radical (unpaired) electrons. The van der Waals surface area contributed by atoms with Gasteiger partial charge >= 0.3 is 16.1 Å². The molecular formula is CH7O6P2+. The van der Waals surface area contributed by atoms with E-state index in [1.165, 1.54) is 0 Å². The van der Waals surface area contributed by atoms with Crippen LogP contribution >= 0.6 is 16.1 Å². The molecule has 3 N–H and O–H groups in total. The van der Waals surface area contributed by atoms with Gasteiger partial charge in [-0.25, -0.2) is 4.57 Å². The van der Waals surface area contributed by atoms with Crippen LogP contribution in [0.4, 0.5) is 0 Å². The van der Waals surface area contributed by atoms with Crippen molar-refractivity contribution in [1.82, 2.24) is 0 Å². The molecule has 0 spiro atoms. The second kappa shape index (κ2) is 4.06. The topological polar surface area (TPSA) is 104 Å². The molecule has 0 heterocycles. The van der Waals surface area contributed by atoms with Crippen LogP contribution in [0.15, 0.2) is 0 Å². The summed E-state index contributed by atoms with van der Waals surface area (Å²) in [5.74, 6) is 0. The SMILES string of the molecule is C.O=[P+](O)OP(=O)(O)O. The monoisotopic (exact) mass is 177 g/mol. The Kier molecular flexibility index (Phi) is 5.37. The van der Waals surface area contributed by atoms with Gasteiger partial charge in [0, 0.05) is 4.57 Å². The van der Waals surface area contributed by atoms with E-state index in [1.54, 1.807) is 0 Å². The molecule has 0 amide bonds. The molecule has 6 nitrogen and oxygen atoms in total. The predicted octanol–water partition coefficient (Wildman–Crippen LogP) is 0.381. The second-order valence-electron chi connectivity index (χ2n) is 0.810. The van der Waals surface area contributed by atoms with Gasteiger partial charge in [-0.1, -0.05) is 7.43 Å². The lowest BCUT2D eigenvalue weighted by Gasteiger charge is -1.86. The summed E-state index contributed by atoms with van der Waals surface area (Å²) in [6.07, 6.45) is 0. The fourth-order valence-electron chi connectivity index (χ4n) is 0.0910. The first-order chi connectivity index (χ1) is 3.42. The standard InChI is InChI=1S/CH4.H2O6P2/c;1-7(2)6-8(3,4)5/h1H4;(H2-,1,2,3,4,5)/p+1. The number of rotatable bonds is 2. The molecule has 8 heteroatoms. The van der Waals surface area contributed by atoms with Crippen LogP contribution in [0.3, 0.4) is 0 Å². The van der Waals surface area contributed by atoms with Crippen molar-refractivity contribution in [1.29, 1.82) is 0 Å². The van der Waals surface area contributed by atoms with Crippen LogP contribution in [-0.4, -0.2) is 14.7 Å². The summed E-state index contributed by atoms with van der Waals surface area (Å²) in [5.41, 5.74) is 0. The lowest BCUT2D eigenvalue weighted by Crippen LogP contribution is -1.75. The van der Waals surface area contributed by atoms with Gasteiger partial charge in [0.15, 0.2) is 0 Å². The van der Waals surface area contributed by atoms with Crippen LogP contribution in [-0.2, 0) is 13.4 Å². The minimum Gasteiger partial charge on any atom is -0.300 e. The van der Waals surface area contributed by atoms with Gasteiger partial charge in [0.05, 0.1) is 0 Å². The highest BCUT2D eigenvalue weighted by Crippen LogP contribution is 2.45. The first-order valence-corrected chi connectivity index (χ1v) is 3.99. The van der Waals surface area contributed by atoms with E-state index in [0.29, 0.717) is 0 Å². The van der Waals surface area contributed by atoms with Crippen LogP contribution in [0.25, 0.3) is 0 Å². The molecule has 1 atom stereocenters. The molecule has 0 saturated carbocycles. The van der Waals surface area contributed by atoms with Crippen LogP contribution in [0, 0.1) is 0 Å². The minimum atomic E-state index is -4.76. The maximum absolute atomic E-state index is 9.57. The lowest BCUT2D eigenvalue weighted by atomic mass is 12.0. The Balaban J connectivity index is 0. The van der Waals surface area contributed by atoms with Crippen molar-refractivity contribution in [3.63, 3.8) is 0 Å². The maximum Gasteiger partial charge on any atom is 0.705 e. The first-order valence-electron chi connectivity index (χ1n) is 1.33. The molecule has 0 aromatic heterocycles. The van der Waals surface area contributed by atoms with E-state index in [4.69, 9.17) is 14.7 Å². The van der Waals surface area contributed by atoms with Crippen molar-refractivity contribution in [2.24, 2.45) is 0 Å². The van der Waals surface area contributed by atoms with Gasteiger partial charge in [0.25, 0.3) is 0 Å². The predicted molar refractivity (Wildman–Crippen MR) is 29.7 cm³/mol. The number of hydrogen-bond donors (Lipinski definition) is 3. The Morgan fingerprint density at radius 2 is 1.78 bits per heavy atom. The van der Waals surface area contributed by atoms with E-state index in [1.807, 2.05) is 0 Å². The third-order valence-corrected chi connectivity index (χ3v) is 1.59.